The number of esters is 1. The SMILES string of the molecule is Cc1ccc(-n2c(Cc3cccc4ccccc34)nnc2S[C@H]2C[C@H](C)OC2=O)c(C)c1. The highest BCUT2D eigenvalue weighted by Crippen LogP contribution is 2.34. The Labute approximate surface area is 191 Å². The fourth-order valence-corrected chi connectivity index (χ4v) is 5.52. The number of nitrogens with zero attached hydrogens (tertiary/aromatic N) is 3. The first-order valence-corrected chi connectivity index (χ1v) is 11.7. The Kier molecular flexibility index (Phi) is 5.47. The molecule has 3 aromatic carbocycles. The van der Waals surface area contributed by atoms with Gasteiger partial charge in [-0.05, 0) is 48.7 Å². The van der Waals surface area contributed by atoms with Crippen LogP contribution in [0.3, 0.4) is 0 Å². The number of carbonyl (C=O) groups excluding carboxylic acids is 1. The van der Waals surface area contributed by atoms with E-state index < -0.39 is 0 Å². The number of fused-ring (bicyclic) bond motifs is 1. The standard InChI is InChI=1S/C26H25N3O2S/c1-16-11-12-22(17(2)13-16)29-24(15-20-9-6-8-19-7-4-5-10-21(19)20)27-28-26(29)32-23-14-18(3)31-25(23)30/h4-13,18,23H,14-15H2,1-3H3/t18-,23-/m0/s1. The Hall–Kier alpha value is -3.12. The molecule has 1 aliphatic rings. The van der Waals surface area contributed by atoms with Crippen LogP contribution >= 0.6 is 11.8 Å². The maximum atomic E-state index is 12.3. The highest BCUT2D eigenvalue weighted by Gasteiger charge is 2.34. The molecule has 0 N–H and O–H groups in total. The molecule has 32 heavy (non-hydrogen) atoms. The monoisotopic (exact) mass is 443 g/mol. The van der Waals surface area contributed by atoms with E-state index in [1.54, 1.807) is 0 Å². The lowest BCUT2D eigenvalue weighted by Crippen LogP contribution is -2.12. The molecule has 2 atom stereocenters. The zero-order chi connectivity index (χ0) is 22.2. The molecule has 1 aromatic heterocycles. The van der Waals surface area contributed by atoms with Crippen molar-refractivity contribution in [1.82, 2.24) is 14.8 Å². The van der Waals surface area contributed by atoms with Crippen molar-refractivity contribution in [2.45, 2.75) is 50.1 Å². The molecule has 162 valence electrons. The van der Waals surface area contributed by atoms with Gasteiger partial charge in [-0.2, -0.15) is 0 Å². The fourth-order valence-electron chi connectivity index (χ4n) is 4.35. The molecular weight excluding hydrogens is 418 g/mol. The molecule has 0 spiro atoms. The molecule has 1 aliphatic heterocycles. The van der Waals surface area contributed by atoms with Crippen LogP contribution in [0.25, 0.3) is 16.5 Å². The summed E-state index contributed by atoms with van der Waals surface area (Å²) in [6.45, 7) is 6.12. The Bertz CT molecular complexity index is 1310. The van der Waals surface area contributed by atoms with Crippen LogP contribution in [0, 0.1) is 13.8 Å². The minimum Gasteiger partial charge on any atom is -0.462 e. The molecule has 5 rings (SSSR count). The van der Waals surface area contributed by atoms with Crippen LogP contribution in [0.5, 0.6) is 0 Å². The van der Waals surface area contributed by atoms with Gasteiger partial charge in [-0.3, -0.25) is 9.36 Å². The maximum Gasteiger partial charge on any atom is 0.319 e. The van der Waals surface area contributed by atoms with Crippen LogP contribution in [-0.2, 0) is 16.0 Å². The summed E-state index contributed by atoms with van der Waals surface area (Å²) in [5, 5.41) is 12.0. The van der Waals surface area contributed by atoms with Crippen LogP contribution in [0.1, 0.15) is 35.9 Å². The summed E-state index contributed by atoms with van der Waals surface area (Å²) >= 11 is 1.45. The summed E-state index contributed by atoms with van der Waals surface area (Å²) in [5.41, 5.74) is 4.59. The number of aryl methyl sites for hydroxylation is 2. The number of aromatic nitrogens is 3. The van der Waals surface area contributed by atoms with Gasteiger partial charge in [0.15, 0.2) is 5.16 Å². The fraction of sp³-hybridized carbons (Fsp3) is 0.269. The van der Waals surface area contributed by atoms with Crippen molar-refractivity contribution in [2.75, 3.05) is 0 Å². The third-order valence-corrected chi connectivity index (χ3v) is 7.04. The van der Waals surface area contributed by atoms with Crippen molar-refractivity contribution >= 4 is 28.5 Å². The average molecular weight is 444 g/mol. The molecule has 0 aliphatic carbocycles. The van der Waals surface area contributed by atoms with Crippen molar-refractivity contribution in [3.8, 4) is 5.69 Å². The molecule has 4 aromatic rings. The third-order valence-electron chi connectivity index (χ3n) is 5.90. The Morgan fingerprint density at radius 3 is 2.66 bits per heavy atom. The van der Waals surface area contributed by atoms with Crippen molar-refractivity contribution in [3.63, 3.8) is 0 Å². The third kappa shape index (κ3) is 3.91. The number of hydrogen-bond acceptors (Lipinski definition) is 5. The van der Waals surface area contributed by atoms with E-state index in [2.05, 4.69) is 89.3 Å². The van der Waals surface area contributed by atoms with E-state index in [1.165, 1.54) is 33.7 Å². The summed E-state index contributed by atoms with van der Waals surface area (Å²) in [7, 11) is 0. The van der Waals surface area contributed by atoms with E-state index in [0.717, 1.165) is 22.2 Å². The minimum absolute atomic E-state index is 0.0624. The van der Waals surface area contributed by atoms with Gasteiger partial charge in [0.25, 0.3) is 0 Å². The smallest absolute Gasteiger partial charge is 0.319 e. The summed E-state index contributed by atoms with van der Waals surface area (Å²) < 4.78 is 7.47. The first-order valence-electron chi connectivity index (χ1n) is 10.9. The van der Waals surface area contributed by atoms with E-state index in [1.807, 2.05) is 6.92 Å². The van der Waals surface area contributed by atoms with Crippen LogP contribution in [0.2, 0.25) is 0 Å². The van der Waals surface area contributed by atoms with E-state index in [-0.39, 0.29) is 17.3 Å². The summed E-state index contributed by atoms with van der Waals surface area (Å²) in [6, 6.07) is 21.1. The molecule has 1 saturated heterocycles. The number of hydrogen-bond donors (Lipinski definition) is 0. The predicted molar refractivity (Wildman–Crippen MR) is 127 cm³/mol. The van der Waals surface area contributed by atoms with Gasteiger partial charge in [0.1, 0.15) is 17.2 Å². The summed E-state index contributed by atoms with van der Waals surface area (Å²) in [6.07, 6.45) is 1.27. The molecular formula is C26H25N3O2S. The van der Waals surface area contributed by atoms with Gasteiger partial charge in [-0.25, -0.2) is 0 Å². The largest absolute Gasteiger partial charge is 0.462 e. The lowest BCUT2D eigenvalue weighted by Gasteiger charge is -2.15. The Morgan fingerprint density at radius 1 is 1.06 bits per heavy atom. The number of cyclic esters (lactones) is 1. The van der Waals surface area contributed by atoms with Crippen LogP contribution in [-0.4, -0.2) is 32.1 Å². The Morgan fingerprint density at radius 2 is 1.88 bits per heavy atom. The second-order valence-corrected chi connectivity index (χ2v) is 9.60. The van der Waals surface area contributed by atoms with Crippen LogP contribution < -0.4 is 0 Å². The zero-order valence-corrected chi connectivity index (χ0v) is 19.2. The first kappa shape index (κ1) is 20.8. The van der Waals surface area contributed by atoms with Gasteiger partial charge in [0, 0.05) is 12.8 Å². The molecule has 0 radical (unpaired) electrons. The van der Waals surface area contributed by atoms with Gasteiger partial charge in [-0.15, -0.1) is 10.2 Å². The van der Waals surface area contributed by atoms with Gasteiger partial charge in [0.2, 0.25) is 0 Å². The average Bonchev–Trinajstić information content (AvgIpc) is 3.30. The maximum absolute atomic E-state index is 12.3. The van der Waals surface area contributed by atoms with Crippen molar-refractivity contribution in [1.29, 1.82) is 0 Å². The molecule has 0 saturated carbocycles. The molecule has 2 heterocycles. The number of ether oxygens (including phenoxy) is 1. The molecule has 0 bridgehead atoms. The minimum atomic E-state index is -0.260. The van der Waals surface area contributed by atoms with E-state index in [0.29, 0.717) is 12.8 Å². The number of rotatable bonds is 5. The van der Waals surface area contributed by atoms with Crippen molar-refractivity contribution in [3.05, 3.63) is 83.2 Å². The van der Waals surface area contributed by atoms with Gasteiger partial charge in [0.05, 0.1) is 5.69 Å². The zero-order valence-electron chi connectivity index (χ0n) is 18.4. The van der Waals surface area contributed by atoms with Gasteiger partial charge in [-0.1, -0.05) is 71.9 Å². The number of benzene rings is 3. The highest BCUT2D eigenvalue weighted by molar-refractivity contribution is 8.00. The Balaban J connectivity index is 1.59. The molecule has 1 fully saturated rings. The number of carbonyl (C=O) groups is 1. The van der Waals surface area contributed by atoms with Crippen LogP contribution in [0.4, 0.5) is 0 Å². The molecule has 5 nitrogen and oxygen atoms in total. The topological polar surface area (TPSA) is 57.0 Å². The molecule has 0 amide bonds. The van der Waals surface area contributed by atoms with E-state index >= 15 is 0 Å². The second kappa shape index (κ2) is 8.43. The summed E-state index contributed by atoms with van der Waals surface area (Å²) in [4.78, 5) is 12.3. The predicted octanol–water partition coefficient (Wildman–Crippen LogP) is 5.42. The number of thioether (sulfide) groups is 1. The second-order valence-electron chi connectivity index (χ2n) is 8.43. The van der Waals surface area contributed by atoms with Crippen LogP contribution in [0.15, 0.2) is 65.8 Å². The van der Waals surface area contributed by atoms with Crippen molar-refractivity contribution in [2.24, 2.45) is 0 Å². The van der Waals surface area contributed by atoms with Crippen molar-refractivity contribution < 1.29 is 9.53 Å². The lowest BCUT2D eigenvalue weighted by molar-refractivity contribution is -0.140. The molecule has 6 heteroatoms. The van der Waals surface area contributed by atoms with E-state index in [4.69, 9.17) is 4.74 Å². The van der Waals surface area contributed by atoms with Gasteiger partial charge >= 0.3 is 5.97 Å². The molecule has 0 unspecified atom stereocenters. The van der Waals surface area contributed by atoms with Gasteiger partial charge < -0.3 is 4.74 Å². The lowest BCUT2D eigenvalue weighted by atomic mass is 10.0. The highest BCUT2D eigenvalue weighted by atomic mass is 32.2. The first-order chi connectivity index (χ1) is 15.5. The summed E-state index contributed by atoms with van der Waals surface area (Å²) in [5.74, 6) is 0.684. The normalized spacial score (nSPS) is 18.3. The van der Waals surface area contributed by atoms with E-state index in [9.17, 15) is 4.79 Å². The quantitative estimate of drug-likeness (QED) is 0.385.